The second-order valence-corrected chi connectivity index (χ2v) is 4.65. The van der Waals surface area contributed by atoms with Crippen molar-refractivity contribution in [3.63, 3.8) is 0 Å². The molecule has 1 aliphatic carbocycles. The van der Waals surface area contributed by atoms with E-state index < -0.39 is 17.9 Å². The maximum absolute atomic E-state index is 11.3. The summed E-state index contributed by atoms with van der Waals surface area (Å²) in [7, 11) is 0. The number of carbonyl (C=O) groups is 3. The molecule has 19 heavy (non-hydrogen) atoms. The highest BCUT2D eigenvalue weighted by molar-refractivity contribution is 5.81. The number of amides is 3. The van der Waals surface area contributed by atoms with Crippen molar-refractivity contribution in [2.45, 2.75) is 26.2 Å². The first kappa shape index (κ1) is 15.3. The van der Waals surface area contributed by atoms with Crippen LogP contribution in [0.2, 0.25) is 0 Å². The Kier molecular flexibility index (Phi) is 6.11. The minimum atomic E-state index is -0.917. The lowest BCUT2D eigenvalue weighted by Gasteiger charge is -2.12. The Morgan fingerprint density at radius 2 is 1.79 bits per heavy atom. The van der Waals surface area contributed by atoms with E-state index in [1.54, 1.807) is 6.92 Å². The lowest BCUT2D eigenvalue weighted by molar-refractivity contribution is -0.141. The van der Waals surface area contributed by atoms with Gasteiger partial charge in [-0.1, -0.05) is 6.92 Å². The lowest BCUT2D eigenvalue weighted by Crippen LogP contribution is -2.42. The zero-order chi connectivity index (χ0) is 14.3. The molecule has 0 saturated heterocycles. The summed E-state index contributed by atoms with van der Waals surface area (Å²) in [6.07, 6.45) is 2.37. The Hall–Kier alpha value is -1.79. The maximum atomic E-state index is 11.3. The van der Waals surface area contributed by atoms with Crippen LogP contribution in [0.15, 0.2) is 0 Å². The van der Waals surface area contributed by atoms with Crippen LogP contribution < -0.4 is 16.0 Å². The van der Waals surface area contributed by atoms with Gasteiger partial charge in [0.05, 0.1) is 5.92 Å². The number of carboxylic acids is 1. The van der Waals surface area contributed by atoms with Crippen LogP contribution >= 0.6 is 0 Å². The topological polar surface area (TPSA) is 108 Å². The summed E-state index contributed by atoms with van der Waals surface area (Å²) in [4.78, 5) is 33.4. The van der Waals surface area contributed by atoms with Gasteiger partial charge < -0.3 is 21.1 Å². The molecular formula is C12H21N3O4. The fourth-order valence-corrected chi connectivity index (χ4v) is 1.54. The second kappa shape index (κ2) is 7.60. The van der Waals surface area contributed by atoms with Crippen molar-refractivity contribution in [2.75, 3.05) is 19.6 Å². The largest absolute Gasteiger partial charge is 0.481 e. The molecule has 1 fully saturated rings. The van der Waals surface area contributed by atoms with Crippen LogP contribution in [0.1, 0.15) is 26.2 Å². The molecule has 4 N–H and O–H groups in total. The molecule has 7 nitrogen and oxygen atoms in total. The van der Waals surface area contributed by atoms with Crippen molar-refractivity contribution in [1.29, 1.82) is 0 Å². The summed E-state index contributed by atoms with van der Waals surface area (Å²) < 4.78 is 0. The van der Waals surface area contributed by atoms with Crippen LogP contribution in [0.5, 0.6) is 0 Å². The standard InChI is InChI=1S/C12H21N3O4/c1-2-8(11(17)18)7-15-12(19)14-6-5-13-10(16)9-3-4-9/h8-9H,2-7H2,1H3,(H,13,16)(H,17,18)(H2,14,15,19). The maximum Gasteiger partial charge on any atom is 0.314 e. The Morgan fingerprint density at radius 1 is 1.16 bits per heavy atom. The van der Waals surface area contributed by atoms with E-state index in [4.69, 9.17) is 5.11 Å². The molecule has 0 radical (unpaired) electrons. The normalized spacial score (nSPS) is 15.4. The van der Waals surface area contributed by atoms with E-state index in [9.17, 15) is 14.4 Å². The number of urea groups is 1. The molecule has 0 aliphatic heterocycles. The highest BCUT2D eigenvalue weighted by Crippen LogP contribution is 2.28. The number of carboxylic acid groups (broad SMARTS) is 1. The highest BCUT2D eigenvalue weighted by Gasteiger charge is 2.28. The molecule has 0 heterocycles. The van der Waals surface area contributed by atoms with E-state index in [0.29, 0.717) is 19.5 Å². The number of nitrogens with one attached hydrogen (secondary N) is 3. The third-order valence-electron chi connectivity index (χ3n) is 3.01. The zero-order valence-electron chi connectivity index (χ0n) is 11.1. The van der Waals surface area contributed by atoms with Gasteiger partial charge in [0.15, 0.2) is 0 Å². The summed E-state index contributed by atoms with van der Waals surface area (Å²) in [5.74, 6) is -1.28. The summed E-state index contributed by atoms with van der Waals surface area (Å²) in [6, 6.07) is -0.416. The Labute approximate surface area is 112 Å². The van der Waals surface area contributed by atoms with E-state index in [0.717, 1.165) is 12.8 Å². The van der Waals surface area contributed by atoms with Gasteiger partial charge >= 0.3 is 12.0 Å². The van der Waals surface area contributed by atoms with E-state index in [1.165, 1.54) is 0 Å². The number of carbonyl (C=O) groups excluding carboxylic acids is 2. The third kappa shape index (κ3) is 6.08. The van der Waals surface area contributed by atoms with Gasteiger partial charge in [-0.05, 0) is 19.3 Å². The molecule has 0 aromatic carbocycles. The van der Waals surface area contributed by atoms with Crippen molar-refractivity contribution in [1.82, 2.24) is 16.0 Å². The van der Waals surface area contributed by atoms with E-state index in [2.05, 4.69) is 16.0 Å². The van der Waals surface area contributed by atoms with E-state index >= 15 is 0 Å². The van der Waals surface area contributed by atoms with Crippen molar-refractivity contribution >= 4 is 17.9 Å². The van der Waals surface area contributed by atoms with Crippen molar-refractivity contribution in [2.24, 2.45) is 11.8 Å². The fourth-order valence-electron chi connectivity index (χ4n) is 1.54. The quantitative estimate of drug-likeness (QED) is 0.463. The predicted octanol–water partition coefficient (Wildman–Crippen LogP) is -0.0774. The van der Waals surface area contributed by atoms with Crippen LogP contribution in [0, 0.1) is 11.8 Å². The van der Waals surface area contributed by atoms with Gasteiger partial charge in [-0.15, -0.1) is 0 Å². The fraction of sp³-hybridized carbons (Fsp3) is 0.750. The molecule has 108 valence electrons. The van der Waals surface area contributed by atoms with Crippen molar-refractivity contribution in [3.05, 3.63) is 0 Å². The van der Waals surface area contributed by atoms with Gasteiger partial charge in [-0.2, -0.15) is 0 Å². The zero-order valence-corrected chi connectivity index (χ0v) is 11.1. The average Bonchev–Trinajstić information content (AvgIpc) is 3.18. The van der Waals surface area contributed by atoms with Gasteiger partial charge in [-0.3, -0.25) is 9.59 Å². The van der Waals surface area contributed by atoms with E-state index in [-0.39, 0.29) is 18.4 Å². The predicted molar refractivity (Wildman–Crippen MR) is 68.6 cm³/mol. The van der Waals surface area contributed by atoms with Gasteiger partial charge in [0.25, 0.3) is 0 Å². The van der Waals surface area contributed by atoms with E-state index in [1.807, 2.05) is 0 Å². The number of aliphatic carboxylic acids is 1. The number of hydrogen-bond donors (Lipinski definition) is 4. The summed E-state index contributed by atoms with van der Waals surface area (Å²) in [5, 5.41) is 16.6. The molecule has 0 spiro atoms. The first-order valence-corrected chi connectivity index (χ1v) is 6.56. The number of rotatable bonds is 8. The number of hydrogen-bond acceptors (Lipinski definition) is 3. The molecule has 1 aliphatic rings. The van der Waals surface area contributed by atoms with Gasteiger partial charge in [-0.25, -0.2) is 4.79 Å². The Bertz CT molecular complexity index is 342. The molecule has 0 aromatic heterocycles. The first-order valence-electron chi connectivity index (χ1n) is 6.56. The smallest absolute Gasteiger partial charge is 0.314 e. The summed E-state index contributed by atoms with van der Waals surface area (Å²) >= 11 is 0. The molecule has 3 amide bonds. The summed E-state index contributed by atoms with van der Waals surface area (Å²) in [6.45, 7) is 2.57. The van der Waals surface area contributed by atoms with Gasteiger partial charge in [0, 0.05) is 25.6 Å². The molecule has 1 atom stereocenters. The second-order valence-electron chi connectivity index (χ2n) is 4.65. The highest BCUT2D eigenvalue weighted by atomic mass is 16.4. The van der Waals surface area contributed by atoms with Crippen molar-refractivity contribution in [3.8, 4) is 0 Å². The molecule has 1 saturated carbocycles. The Morgan fingerprint density at radius 3 is 2.32 bits per heavy atom. The summed E-state index contributed by atoms with van der Waals surface area (Å²) in [5.41, 5.74) is 0. The third-order valence-corrected chi connectivity index (χ3v) is 3.01. The van der Waals surface area contributed by atoms with Crippen LogP contribution in [0.4, 0.5) is 4.79 Å². The first-order chi connectivity index (χ1) is 9.04. The van der Waals surface area contributed by atoms with Crippen LogP contribution in [-0.2, 0) is 9.59 Å². The minimum absolute atomic E-state index is 0.0409. The molecular weight excluding hydrogens is 250 g/mol. The van der Waals surface area contributed by atoms with Crippen LogP contribution in [0.25, 0.3) is 0 Å². The molecule has 1 rings (SSSR count). The molecule has 1 unspecified atom stereocenters. The lowest BCUT2D eigenvalue weighted by atomic mass is 10.1. The average molecular weight is 271 g/mol. The SMILES string of the molecule is CCC(CNC(=O)NCCNC(=O)C1CC1)C(=O)O. The molecule has 0 bridgehead atoms. The van der Waals surface area contributed by atoms with Crippen molar-refractivity contribution < 1.29 is 19.5 Å². The molecule has 7 heteroatoms. The minimum Gasteiger partial charge on any atom is -0.481 e. The van der Waals surface area contributed by atoms with Gasteiger partial charge in [0.1, 0.15) is 0 Å². The Balaban J connectivity index is 2.03. The van der Waals surface area contributed by atoms with Gasteiger partial charge in [0.2, 0.25) is 5.91 Å². The van der Waals surface area contributed by atoms with Crippen LogP contribution in [-0.4, -0.2) is 42.6 Å². The molecule has 0 aromatic rings. The van der Waals surface area contributed by atoms with Crippen LogP contribution in [0.3, 0.4) is 0 Å². The monoisotopic (exact) mass is 271 g/mol.